The van der Waals surface area contributed by atoms with E-state index in [0.29, 0.717) is 0 Å². The highest BCUT2D eigenvalue weighted by Gasteiger charge is 2.15. The first kappa shape index (κ1) is 10.9. The minimum atomic E-state index is -0.438. The van der Waals surface area contributed by atoms with Crippen LogP contribution in [0.2, 0.25) is 0 Å². The van der Waals surface area contributed by atoms with E-state index in [2.05, 4.69) is 10.6 Å². The Morgan fingerprint density at radius 1 is 1.25 bits per heavy atom. The summed E-state index contributed by atoms with van der Waals surface area (Å²) in [6.45, 7) is 3.86. The molecule has 4 nitrogen and oxygen atoms in total. The summed E-state index contributed by atoms with van der Waals surface area (Å²) in [5.41, 5.74) is 0. The number of nitrogens with one attached hydrogen (secondary N) is 2. The first-order valence-corrected chi connectivity index (χ1v) is 4.18. The van der Waals surface area contributed by atoms with E-state index in [1.807, 2.05) is 13.8 Å². The Kier molecular flexibility index (Phi) is 5.08. The van der Waals surface area contributed by atoms with Gasteiger partial charge in [-0.05, 0) is 12.8 Å². The van der Waals surface area contributed by atoms with E-state index < -0.39 is 6.03 Å². The van der Waals surface area contributed by atoms with Gasteiger partial charge in [0, 0.05) is 13.0 Å². The average molecular weight is 172 g/mol. The summed E-state index contributed by atoms with van der Waals surface area (Å²) in [5.74, 6) is -0.248. The van der Waals surface area contributed by atoms with Crippen LogP contribution in [0.4, 0.5) is 4.79 Å². The lowest BCUT2D eigenvalue weighted by Crippen LogP contribution is -2.40. The summed E-state index contributed by atoms with van der Waals surface area (Å²) >= 11 is 0. The molecule has 0 fully saturated rings. The molecule has 0 spiro atoms. The third-order valence-corrected chi connectivity index (χ3v) is 1.82. The highest BCUT2D eigenvalue weighted by atomic mass is 16.2. The van der Waals surface area contributed by atoms with E-state index in [1.165, 1.54) is 7.05 Å². The number of carbonyl (C=O) groups is 2. The van der Waals surface area contributed by atoms with Crippen LogP contribution in [0.1, 0.15) is 26.7 Å². The largest absolute Gasteiger partial charge is 0.341 e. The van der Waals surface area contributed by atoms with Crippen molar-refractivity contribution in [1.29, 1.82) is 0 Å². The Balaban J connectivity index is 3.92. The van der Waals surface area contributed by atoms with Gasteiger partial charge in [-0.2, -0.15) is 0 Å². The molecule has 0 aromatic rings. The predicted octanol–water partition coefficient (Wildman–Crippen LogP) is 0.878. The Labute approximate surface area is 72.7 Å². The van der Waals surface area contributed by atoms with Gasteiger partial charge in [0.2, 0.25) is 5.91 Å². The number of hydrogen-bond acceptors (Lipinski definition) is 2. The Morgan fingerprint density at radius 2 is 1.75 bits per heavy atom. The van der Waals surface area contributed by atoms with Gasteiger partial charge >= 0.3 is 6.03 Å². The third kappa shape index (κ3) is 3.37. The van der Waals surface area contributed by atoms with Crippen molar-refractivity contribution in [1.82, 2.24) is 10.6 Å². The van der Waals surface area contributed by atoms with Gasteiger partial charge in [-0.3, -0.25) is 10.1 Å². The van der Waals surface area contributed by atoms with Crippen molar-refractivity contribution in [2.24, 2.45) is 5.92 Å². The molecule has 0 radical (unpaired) electrons. The quantitative estimate of drug-likeness (QED) is 0.664. The van der Waals surface area contributed by atoms with Crippen molar-refractivity contribution in [2.45, 2.75) is 26.7 Å². The van der Waals surface area contributed by atoms with Crippen molar-refractivity contribution in [3.05, 3.63) is 0 Å². The molecule has 70 valence electrons. The molecule has 0 saturated carbocycles. The second-order valence-electron chi connectivity index (χ2n) is 2.58. The summed E-state index contributed by atoms with van der Waals surface area (Å²) < 4.78 is 0. The monoisotopic (exact) mass is 172 g/mol. The lowest BCUT2D eigenvalue weighted by Gasteiger charge is -2.10. The fourth-order valence-corrected chi connectivity index (χ4v) is 0.936. The molecule has 0 aromatic heterocycles. The van der Waals surface area contributed by atoms with E-state index in [4.69, 9.17) is 0 Å². The number of imide groups is 1. The molecular weight excluding hydrogens is 156 g/mol. The topological polar surface area (TPSA) is 58.2 Å². The van der Waals surface area contributed by atoms with Crippen molar-refractivity contribution >= 4 is 11.9 Å². The van der Waals surface area contributed by atoms with Gasteiger partial charge in [0.05, 0.1) is 0 Å². The van der Waals surface area contributed by atoms with Gasteiger partial charge in [-0.15, -0.1) is 0 Å². The van der Waals surface area contributed by atoms with Gasteiger partial charge in [0.25, 0.3) is 0 Å². The highest BCUT2D eigenvalue weighted by molar-refractivity contribution is 5.95. The van der Waals surface area contributed by atoms with Crippen LogP contribution in [0.3, 0.4) is 0 Å². The Bertz CT molecular complexity index is 164. The van der Waals surface area contributed by atoms with E-state index in [9.17, 15) is 9.59 Å². The van der Waals surface area contributed by atoms with Crippen LogP contribution in [-0.2, 0) is 4.79 Å². The minimum absolute atomic E-state index is 0.0534. The van der Waals surface area contributed by atoms with Gasteiger partial charge in [0.1, 0.15) is 0 Å². The number of urea groups is 1. The maximum Gasteiger partial charge on any atom is 0.321 e. The maximum absolute atomic E-state index is 11.2. The smallest absolute Gasteiger partial charge is 0.321 e. The Hall–Kier alpha value is -1.06. The first-order chi connectivity index (χ1) is 5.65. The van der Waals surface area contributed by atoms with Gasteiger partial charge in [-0.1, -0.05) is 13.8 Å². The number of hydrogen-bond donors (Lipinski definition) is 2. The Morgan fingerprint density at radius 3 is 2.08 bits per heavy atom. The molecule has 0 atom stereocenters. The molecule has 12 heavy (non-hydrogen) atoms. The van der Waals surface area contributed by atoms with Crippen LogP contribution in [-0.4, -0.2) is 19.0 Å². The summed E-state index contributed by atoms with van der Waals surface area (Å²) in [6.07, 6.45) is 1.53. The molecule has 0 aliphatic carbocycles. The fraction of sp³-hybridized carbons (Fsp3) is 0.750. The molecule has 3 amide bonds. The second kappa shape index (κ2) is 5.57. The molecule has 0 unspecified atom stereocenters. The van der Waals surface area contributed by atoms with Crippen LogP contribution in [0.25, 0.3) is 0 Å². The number of amides is 3. The summed E-state index contributed by atoms with van der Waals surface area (Å²) in [4.78, 5) is 21.9. The maximum atomic E-state index is 11.2. The molecule has 0 rings (SSSR count). The molecule has 0 saturated heterocycles. The van der Waals surface area contributed by atoms with Gasteiger partial charge < -0.3 is 5.32 Å². The zero-order chi connectivity index (χ0) is 9.56. The van der Waals surface area contributed by atoms with Crippen LogP contribution < -0.4 is 10.6 Å². The highest BCUT2D eigenvalue weighted by Crippen LogP contribution is 2.06. The predicted molar refractivity (Wildman–Crippen MR) is 46.7 cm³/mol. The van der Waals surface area contributed by atoms with E-state index in [1.54, 1.807) is 0 Å². The molecule has 0 heterocycles. The van der Waals surface area contributed by atoms with Crippen molar-refractivity contribution in [3.8, 4) is 0 Å². The van der Waals surface area contributed by atoms with Crippen LogP contribution in [0.5, 0.6) is 0 Å². The van der Waals surface area contributed by atoms with Crippen molar-refractivity contribution < 1.29 is 9.59 Å². The standard InChI is InChI=1S/C8H16N2O2/c1-4-6(5-2)7(11)10-8(12)9-3/h6H,4-5H2,1-3H3,(H2,9,10,11,12). The molecule has 4 heteroatoms. The zero-order valence-corrected chi connectivity index (χ0v) is 7.81. The van der Waals surface area contributed by atoms with E-state index >= 15 is 0 Å². The van der Waals surface area contributed by atoms with Crippen LogP contribution in [0.15, 0.2) is 0 Å². The lowest BCUT2D eigenvalue weighted by molar-refractivity contribution is -0.124. The zero-order valence-electron chi connectivity index (χ0n) is 7.81. The minimum Gasteiger partial charge on any atom is -0.341 e. The summed E-state index contributed by atoms with van der Waals surface area (Å²) in [6, 6.07) is -0.438. The first-order valence-electron chi connectivity index (χ1n) is 4.18. The van der Waals surface area contributed by atoms with Gasteiger partial charge in [0.15, 0.2) is 0 Å². The lowest BCUT2D eigenvalue weighted by atomic mass is 10.0. The third-order valence-electron chi connectivity index (χ3n) is 1.82. The fourth-order valence-electron chi connectivity index (χ4n) is 0.936. The molecular formula is C8H16N2O2. The van der Waals surface area contributed by atoms with E-state index in [0.717, 1.165) is 12.8 Å². The summed E-state index contributed by atoms with van der Waals surface area (Å²) in [7, 11) is 1.48. The number of carbonyl (C=O) groups excluding carboxylic acids is 2. The summed E-state index contributed by atoms with van der Waals surface area (Å²) in [5, 5.41) is 4.57. The van der Waals surface area contributed by atoms with Crippen LogP contribution in [0, 0.1) is 5.92 Å². The van der Waals surface area contributed by atoms with Crippen molar-refractivity contribution in [2.75, 3.05) is 7.05 Å². The molecule has 0 aliphatic heterocycles. The average Bonchev–Trinajstić information content (AvgIpc) is 2.06. The van der Waals surface area contributed by atoms with E-state index in [-0.39, 0.29) is 11.8 Å². The SMILES string of the molecule is CCC(CC)C(=O)NC(=O)NC. The van der Waals surface area contributed by atoms with Crippen molar-refractivity contribution in [3.63, 3.8) is 0 Å². The second-order valence-corrected chi connectivity index (χ2v) is 2.58. The van der Waals surface area contributed by atoms with Gasteiger partial charge in [-0.25, -0.2) is 4.79 Å². The molecule has 0 aliphatic rings. The van der Waals surface area contributed by atoms with Crippen LogP contribution >= 0.6 is 0 Å². The molecule has 0 bridgehead atoms. The molecule has 0 aromatic carbocycles. The number of rotatable bonds is 3. The normalized spacial score (nSPS) is 9.67. The molecule has 2 N–H and O–H groups in total.